The number of amides is 2. The Morgan fingerprint density at radius 1 is 1.26 bits per heavy atom. The molecule has 4 heteroatoms. The molecular weight excluding hydrogens is 240 g/mol. The molecule has 19 heavy (non-hydrogen) atoms. The summed E-state index contributed by atoms with van der Waals surface area (Å²) in [5.74, 6) is 1.49. The molecule has 0 bridgehead atoms. The van der Waals surface area contributed by atoms with Crippen molar-refractivity contribution in [2.24, 2.45) is 5.92 Å². The molecule has 0 spiro atoms. The average molecular weight is 262 g/mol. The molecule has 1 fully saturated rings. The highest BCUT2D eigenvalue weighted by molar-refractivity contribution is 5.89. The summed E-state index contributed by atoms with van der Waals surface area (Å²) in [6.07, 6.45) is 4.64. The van der Waals surface area contributed by atoms with Crippen molar-refractivity contribution in [3.05, 3.63) is 24.3 Å². The maximum absolute atomic E-state index is 11.9. The number of urea groups is 1. The third kappa shape index (κ3) is 4.16. The van der Waals surface area contributed by atoms with Crippen LogP contribution in [0.4, 0.5) is 10.5 Å². The number of benzene rings is 1. The van der Waals surface area contributed by atoms with E-state index in [4.69, 9.17) is 4.74 Å². The zero-order chi connectivity index (χ0) is 13.7. The summed E-state index contributed by atoms with van der Waals surface area (Å²) in [7, 11) is 1.62. The van der Waals surface area contributed by atoms with E-state index in [-0.39, 0.29) is 6.03 Å². The third-order valence-electron chi connectivity index (χ3n) is 3.62. The molecule has 1 aliphatic carbocycles. The van der Waals surface area contributed by atoms with Gasteiger partial charge in [-0.1, -0.05) is 19.8 Å². The number of ether oxygens (including phenoxy) is 1. The van der Waals surface area contributed by atoms with Gasteiger partial charge < -0.3 is 15.4 Å². The molecule has 2 amide bonds. The summed E-state index contributed by atoms with van der Waals surface area (Å²) in [6, 6.07) is 7.52. The highest BCUT2D eigenvalue weighted by Crippen LogP contribution is 2.23. The maximum Gasteiger partial charge on any atom is 0.319 e. The van der Waals surface area contributed by atoms with E-state index in [1.54, 1.807) is 7.11 Å². The van der Waals surface area contributed by atoms with E-state index in [1.165, 1.54) is 12.8 Å². The van der Waals surface area contributed by atoms with Crippen LogP contribution in [0, 0.1) is 5.92 Å². The molecule has 1 saturated carbocycles. The lowest BCUT2D eigenvalue weighted by Crippen LogP contribution is -2.40. The average Bonchev–Trinajstić information content (AvgIpc) is 2.39. The number of nitrogens with one attached hydrogen (secondary N) is 2. The SMILES string of the molecule is COc1ccc(NC(=O)N[C@@H]2CCC[C@H](C)C2)cc1. The van der Waals surface area contributed by atoms with Crippen LogP contribution in [0.15, 0.2) is 24.3 Å². The van der Waals surface area contributed by atoms with E-state index in [1.807, 2.05) is 24.3 Å². The van der Waals surface area contributed by atoms with Gasteiger partial charge in [0.05, 0.1) is 7.11 Å². The van der Waals surface area contributed by atoms with Gasteiger partial charge in [0.15, 0.2) is 0 Å². The van der Waals surface area contributed by atoms with Gasteiger partial charge in [-0.2, -0.15) is 0 Å². The Morgan fingerprint density at radius 2 is 2.00 bits per heavy atom. The van der Waals surface area contributed by atoms with Gasteiger partial charge in [-0.15, -0.1) is 0 Å². The molecular formula is C15H22N2O2. The highest BCUT2D eigenvalue weighted by Gasteiger charge is 2.20. The summed E-state index contributed by atoms with van der Waals surface area (Å²) in [5, 5.41) is 5.89. The van der Waals surface area contributed by atoms with Gasteiger partial charge in [-0.05, 0) is 43.0 Å². The molecule has 0 aromatic heterocycles. The molecule has 1 aliphatic rings. The van der Waals surface area contributed by atoms with E-state index in [0.717, 1.165) is 24.3 Å². The van der Waals surface area contributed by atoms with E-state index < -0.39 is 0 Å². The predicted octanol–water partition coefficient (Wildman–Crippen LogP) is 3.40. The molecule has 0 radical (unpaired) electrons. The van der Waals surface area contributed by atoms with Crippen LogP contribution < -0.4 is 15.4 Å². The second-order valence-corrected chi connectivity index (χ2v) is 5.30. The van der Waals surface area contributed by atoms with Crippen molar-refractivity contribution >= 4 is 11.7 Å². The summed E-state index contributed by atoms with van der Waals surface area (Å²) in [4.78, 5) is 11.9. The monoisotopic (exact) mass is 262 g/mol. The third-order valence-corrected chi connectivity index (χ3v) is 3.62. The van der Waals surface area contributed by atoms with Crippen molar-refractivity contribution in [3.63, 3.8) is 0 Å². The van der Waals surface area contributed by atoms with Crippen LogP contribution in [-0.4, -0.2) is 19.2 Å². The van der Waals surface area contributed by atoms with Gasteiger partial charge in [-0.3, -0.25) is 0 Å². The quantitative estimate of drug-likeness (QED) is 0.877. The minimum Gasteiger partial charge on any atom is -0.497 e. The Balaban J connectivity index is 1.83. The van der Waals surface area contributed by atoms with Crippen molar-refractivity contribution in [1.82, 2.24) is 5.32 Å². The zero-order valence-electron chi connectivity index (χ0n) is 11.6. The lowest BCUT2D eigenvalue weighted by Gasteiger charge is -2.27. The molecule has 1 aromatic rings. The first-order valence-corrected chi connectivity index (χ1v) is 6.89. The second-order valence-electron chi connectivity index (χ2n) is 5.30. The van der Waals surface area contributed by atoms with Crippen LogP contribution in [0.2, 0.25) is 0 Å². The standard InChI is InChI=1S/C15H22N2O2/c1-11-4-3-5-13(10-11)17-15(18)16-12-6-8-14(19-2)9-7-12/h6-9,11,13H,3-5,10H2,1-2H3,(H2,16,17,18)/t11-,13+/m0/s1. The Hall–Kier alpha value is -1.71. The minimum absolute atomic E-state index is 0.121. The predicted molar refractivity (Wildman–Crippen MR) is 76.6 cm³/mol. The summed E-state index contributed by atoms with van der Waals surface area (Å²) in [6.45, 7) is 2.25. The topological polar surface area (TPSA) is 50.4 Å². The van der Waals surface area contributed by atoms with E-state index in [2.05, 4.69) is 17.6 Å². The fraction of sp³-hybridized carbons (Fsp3) is 0.533. The number of methoxy groups -OCH3 is 1. The number of anilines is 1. The molecule has 4 nitrogen and oxygen atoms in total. The second kappa shape index (κ2) is 6.45. The molecule has 2 atom stereocenters. The Bertz CT molecular complexity index is 417. The van der Waals surface area contributed by atoms with Crippen molar-refractivity contribution in [1.29, 1.82) is 0 Å². The molecule has 0 aliphatic heterocycles. The van der Waals surface area contributed by atoms with Crippen LogP contribution in [-0.2, 0) is 0 Å². The van der Waals surface area contributed by atoms with Gasteiger partial charge in [0.2, 0.25) is 0 Å². The van der Waals surface area contributed by atoms with Gasteiger partial charge in [0, 0.05) is 11.7 Å². The smallest absolute Gasteiger partial charge is 0.319 e. The zero-order valence-corrected chi connectivity index (χ0v) is 11.6. The van der Waals surface area contributed by atoms with Crippen molar-refractivity contribution in [2.45, 2.75) is 38.6 Å². The lowest BCUT2D eigenvalue weighted by molar-refractivity contribution is 0.238. The van der Waals surface area contributed by atoms with E-state index in [0.29, 0.717) is 12.0 Å². The summed E-state index contributed by atoms with van der Waals surface area (Å²) in [5.41, 5.74) is 0.780. The number of hydrogen-bond acceptors (Lipinski definition) is 2. The van der Waals surface area contributed by atoms with E-state index >= 15 is 0 Å². The Kier molecular flexibility index (Phi) is 4.66. The fourth-order valence-electron chi connectivity index (χ4n) is 2.59. The Labute approximate surface area is 114 Å². The molecule has 0 heterocycles. The largest absolute Gasteiger partial charge is 0.497 e. The highest BCUT2D eigenvalue weighted by atomic mass is 16.5. The minimum atomic E-state index is -0.121. The first-order valence-electron chi connectivity index (χ1n) is 6.89. The van der Waals surface area contributed by atoms with Crippen LogP contribution in [0.1, 0.15) is 32.6 Å². The number of rotatable bonds is 3. The summed E-state index contributed by atoms with van der Waals surface area (Å²) >= 11 is 0. The molecule has 2 N–H and O–H groups in total. The first kappa shape index (κ1) is 13.7. The van der Waals surface area contributed by atoms with Crippen LogP contribution in [0.25, 0.3) is 0 Å². The normalized spacial score (nSPS) is 22.6. The fourth-order valence-corrected chi connectivity index (χ4v) is 2.59. The summed E-state index contributed by atoms with van der Waals surface area (Å²) < 4.78 is 5.08. The molecule has 104 valence electrons. The van der Waals surface area contributed by atoms with Gasteiger partial charge in [-0.25, -0.2) is 4.79 Å². The molecule has 2 rings (SSSR count). The van der Waals surface area contributed by atoms with E-state index in [9.17, 15) is 4.79 Å². The number of carbonyl (C=O) groups excluding carboxylic acids is 1. The van der Waals surface area contributed by atoms with Crippen molar-refractivity contribution < 1.29 is 9.53 Å². The molecule has 0 saturated heterocycles. The Morgan fingerprint density at radius 3 is 2.63 bits per heavy atom. The van der Waals surface area contributed by atoms with Gasteiger partial charge in [0.1, 0.15) is 5.75 Å². The van der Waals surface area contributed by atoms with Crippen LogP contribution in [0.3, 0.4) is 0 Å². The lowest BCUT2D eigenvalue weighted by atomic mass is 9.87. The number of carbonyl (C=O) groups is 1. The van der Waals surface area contributed by atoms with Crippen molar-refractivity contribution in [3.8, 4) is 5.75 Å². The van der Waals surface area contributed by atoms with Gasteiger partial charge >= 0.3 is 6.03 Å². The number of hydrogen-bond donors (Lipinski definition) is 2. The van der Waals surface area contributed by atoms with Gasteiger partial charge in [0.25, 0.3) is 0 Å². The maximum atomic E-state index is 11.9. The first-order chi connectivity index (χ1) is 9.17. The van der Waals surface area contributed by atoms with Crippen LogP contribution in [0.5, 0.6) is 5.75 Å². The van der Waals surface area contributed by atoms with Crippen molar-refractivity contribution in [2.75, 3.05) is 12.4 Å². The van der Waals surface area contributed by atoms with Crippen LogP contribution >= 0.6 is 0 Å². The molecule has 0 unspecified atom stereocenters. The molecule has 1 aromatic carbocycles.